The minimum Gasteiger partial charge on any atom is -0.491 e. The molecular weight excluding hydrogens is 243 g/mol. The van der Waals surface area contributed by atoms with Gasteiger partial charge in [0.2, 0.25) is 12.2 Å². The molecule has 0 aromatic heterocycles. The van der Waals surface area contributed by atoms with E-state index in [4.69, 9.17) is 20.0 Å². The van der Waals surface area contributed by atoms with Gasteiger partial charge in [-0.3, -0.25) is 0 Å². The zero-order valence-corrected chi connectivity index (χ0v) is 11.1. The molecule has 1 aromatic rings. The van der Waals surface area contributed by atoms with Crippen LogP contribution in [0, 0.1) is 0 Å². The fraction of sp³-hybridized carbons (Fsp3) is 0.462. The summed E-state index contributed by atoms with van der Waals surface area (Å²) in [6.07, 6.45) is 2.74. The van der Waals surface area contributed by atoms with Crippen molar-refractivity contribution in [2.45, 2.75) is 12.5 Å². The molecule has 0 aliphatic carbocycles. The summed E-state index contributed by atoms with van der Waals surface area (Å²) in [6.45, 7) is 1.71. The van der Waals surface area contributed by atoms with Crippen molar-refractivity contribution in [3.05, 3.63) is 29.8 Å². The van der Waals surface area contributed by atoms with Gasteiger partial charge in [-0.25, -0.2) is 0 Å². The molecule has 0 fully saturated rings. The molecular formula is C13H19BN2O3+. The standard InChI is InChI=1S/C13H19BN2O3/c1-17-6-7-18-13-4-2-11(3-5-13)8-12(9-15)16-10-14-19-16/h2-5,10,12H,6-9,15H2,1H3/q+1. The Kier molecular flexibility index (Phi) is 5.24. The maximum atomic E-state index is 5.75. The second-order valence-corrected chi connectivity index (χ2v) is 4.33. The van der Waals surface area contributed by atoms with Crippen LogP contribution < -0.4 is 10.5 Å². The number of hydrogen-bond donors (Lipinski definition) is 1. The molecule has 6 heteroatoms. The molecule has 1 radical (unpaired) electrons. The predicted octanol–water partition coefficient (Wildman–Crippen LogP) is 0.187. The van der Waals surface area contributed by atoms with Crippen LogP contribution >= 0.6 is 0 Å². The Balaban J connectivity index is 1.87. The average Bonchev–Trinajstić information content (AvgIpc) is 2.38. The van der Waals surface area contributed by atoms with Crippen molar-refractivity contribution in [1.82, 2.24) is 0 Å². The topological polar surface area (TPSA) is 56.7 Å². The molecule has 5 nitrogen and oxygen atoms in total. The molecule has 0 spiro atoms. The Morgan fingerprint density at radius 3 is 2.58 bits per heavy atom. The summed E-state index contributed by atoms with van der Waals surface area (Å²) in [7, 11) is 3.31. The van der Waals surface area contributed by atoms with Crippen LogP contribution in [0.2, 0.25) is 0 Å². The zero-order chi connectivity index (χ0) is 13.5. The Bertz CT molecular complexity index is 422. The van der Waals surface area contributed by atoms with Gasteiger partial charge < -0.3 is 20.0 Å². The van der Waals surface area contributed by atoms with E-state index in [2.05, 4.69) is 0 Å². The van der Waals surface area contributed by atoms with Gasteiger partial charge in [-0.1, -0.05) is 16.9 Å². The van der Waals surface area contributed by atoms with Gasteiger partial charge in [-0.05, 0) is 17.7 Å². The van der Waals surface area contributed by atoms with E-state index >= 15 is 0 Å². The number of benzene rings is 1. The number of hydrogen-bond acceptors (Lipinski definition) is 4. The van der Waals surface area contributed by atoms with Crippen molar-refractivity contribution < 1.29 is 19.0 Å². The van der Waals surface area contributed by atoms with Crippen LogP contribution in [0.4, 0.5) is 0 Å². The summed E-state index contributed by atoms with van der Waals surface area (Å²) in [6, 6.07) is 8.20. The summed E-state index contributed by atoms with van der Waals surface area (Å²) in [5.41, 5.74) is 6.95. The lowest BCUT2D eigenvalue weighted by Crippen LogP contribution is -2.43. The molecule has 1 unspecified atom stereocenters. The van der Waals surface area contributed by atoms with Crippen LogP contribution in [-0.4, -0.2) is 51.2 Å². The first-order chi connectivity index (χ1) is 9.33. The third kappa shape index (κ3) is 3.97. The largest absolute Gasteiger partial charge is 0.585 e. The van der Waals surface area contributed by atoms with Crippen molar-refractivity contribution in [3.63, 3.8) is 0 Å². The van der Waals surface area contributed by atoms with E-state index in [9.17, 15) is 0 Å². The minimum atomic E-state index is 0.172. The normalized spacial score (nSPS) is 14.7. The van der Waals surface area contributed by atoms with Gasteiger partial charge in [0, 0.05) is 13.5 Å². The lowest BCUT2D eigenvalue weighted by Gasteiger charge is -2.16. The highest BCUT2D eigenvalue weighted by Crippen LogP contribution is 2.14. The molecule has 1 aromatic carbocycles. The predicted molar refractivity (Wildman–Crippen MR) is 73.5 cm³/mol. The van der Waals surface area contributed by atoms with E-state index in [1.165, 1.54) is 5.56 Å². The molecule has 19 heavy (non-hydrogen) atoms. The molecule has 0 saturated heterocycles. The Morgan fingerprint density at radius 2 is 2.05 bits per heavy atom. The van der Waals surface area contributed by atoms with Gasteiger partial charge in [0.05, 0.1) is 13.2 Å². The highest BCUT2D eigenvalue weighted by atomic mass is 16.6. The summed E-state index contributed by atoms with van der Waals surface area (Å²) in [5.74, 6) is 0.852. The Labute approximate surface area is 114 Å². The second-order valence-electron chi connectivity index (χ2n) is 4.33. The van der Waals surface area contributed by atoms with Crippen molar-refractivity contribution >= 4 is 13.6 Å². The fourth-order valence-corrected chi connectivity index (χ4v) is 1.85. The first kappa shape index (κ1) is 13.9. The Hall–Kier alpha value is -1.53. The quantitative estimate of drug-likeness (QED) is 0.412. The van der Waals surface area contributed by atoms with Crippen LogP contribution in [-0.2, 0) is 15.9 Å². The molecule has 1 heterocycles. The third-order valence-corrected chi connectivity index (χ3v) is 2.97. The monoisotopic (exact) mass is 262 g/mol. The summed E-state index contributed by atoms with van der Waals surface area (Å²) in [5, 5.41) is 0. The fourth-order valence-electron chi connectivity index (χ4n) is 1.85. The van der Waals surface area contributed by atoms with Gasteiger partial charge in [0.1, 0.15) is 12.4 Å². The number of nitrogens with two attached hydrogens (primary N) is 1. The zero-order valence-electron chi connectivity index (χ0n) is 11.1. The molecule has 1 aliphatic heterocycles. The maximum absolute atomic E-state index is 5.75. The molecule has 2 N–H and O–H groups in total. The highest BCUT2D eigenvalue weighted by molar-refractivity contribution is 6.62. The highest BCUT2D eigenvalue weighted by Gasteiger charge is 2.29. The smallest absolute Gasteiger partial charge is 0.491 e. The maximum Gasteiger partial charge on any atom is 0.585 e. The third-order valence-electron chi connectivity index (χ3n) is 2.97. The molecule has 0 saturated carbocycles. The van der Waals surface area contributed by atoms with Crippen LogP contribution in [0.5, 0.6) is 5.75 Å². The Morgan fingerprint density at radius 1 is 1.32 bits per heavy atom. The van der Waals surface area contributed by atoms with E-state index < -0.39 is 0 Å². The molecule has 101 valence electrons. The summed E-state index contributed by atoms with van der Waals surface area (Å²) in [4.78, 5) is 0. The van der Waals surface area contributed by atoms with Crippen molar-refractivity contribution in [2.75, 3.05) is 26.9 Å². The van der Waals surface area contributed by atoms with E-state index in [0.29, 0.717) is 19.8 Å². The summed E-state index contributed by atoms with van der Waals surface area (Å²) >= 11 is 0. The van der Waals surface area contributed by atoms with E-state index in [-0.39, 0.29) is 6.04 Å². The van der Waals surface area contributed by atoms with Gasteiger partial charge >= 0.3 is 7.48 Å². The first-order valence-electron chi connectivity index (χ1n) is 6.36. The molecule has 2 rings (SSSR count). The van der Waals surface area contributed by atoms with Gasteiger partial charge in [0.25, 0.3) is 0 Å². The molecule has 0 bridgehead atoms. The second kappa shape index (κ2) is 7.16. The molecule has 0 amide bonds. The average molecular weight is 262 g/mol. The number of methoxy groups -OCH3 is 1. The van der Waals surface area contributed by atoms with E-state index in [1.54, 1.807) is 19.3 Å². The van der Waals surface area contributed by atoms with Gasteiger partial charge in [0.15, 0.2) is 0 Å². The van der Waals surface area contributed by atoms with E-state index in [0.717, 1.165) is 12.2 Å². The molecule has 1 atom stereocenters. The first-order valence-corrected chi connectivity index (χ1v) is 6.36. The van der Waals surface area contributed by atoms with Crippen LogP contribution in [0.15, 0.2) is 24.3 Å². The molecule has 1 aliphatic rings. The van der Waals surface area contributed by atoms with Crippen LogP contribution in [0.1, 0.15) is 5.56 Å². The number of rotatable bonds is 8. The van der Waals surface area contributed by atoms with Crippen LogP contribution in [0.3, 0.4) is 0 Å². The lowest BCUT2D eigenvalue weighted by molar-refractivity contribution is -0.783. The van der Waals surface area contributed by atoms with Crippen molar-refractivity contribution in [3.8, 4) is 5.75 Å². The van der Waals surface area contributed by atoms with Gasteiger partial charge in [-0.15, -0.1) is 0 Å². The lowest BCUT2D eigenvalue weighted by atomic mass is 10.00. The number of hydroxylamine groups is 1. The van der Waals surface area contributed by atoms with E-state index in [1.807, 2.05) is 30.4 Å². The minimum absolute atomic E-state index is 0.172. The SMILES string of the molecule is COCCOc1ccc(CC(CN)[N+]2=C[B]O2)cc1. The number of ether oxygens (including phenoxy) is 2. The van der Waals surface area contributed by atoms with Gasteiger partial charge in [-0.2, -0.15) is 0 Å². The van der Waals surface area contributed by atoms with Crippen molar-refractivity contribution in [2.24, 2.45) is 5.73 Å². The van der Waals surface area contributed by atoms with Crippen LogP contribution in [0.25, 0.3) is 0 Å². The summed E-state index contributed by atoms with van der Waals surface area (Å²) < 4.78 is 17.4. The van der Waals surface area contributed by atoms with Crippen molar-refractivity contribution in [1.29, 1.82) is 0 Å². The number of nitrogens with zero attached hydrogens (tertiary/aromatic N) is 1.